The quantitative estimate of drug-likeness (QED) is 0.712. The number of amides is 1. The third kappa shape index (κ3) is 4.18. The lowest BCUT2D eigenvalue weighted by Gasteiger charge is -2.11. The highest BCUT2D eigenvalue weighted by Gasteiger charge is 2.16. The third-order valence-corrected chi connectivity index (χ3v) is 4.20. The third-order valence-electron chi connectivity index (χ3n) is 4.20. The molecule has 0 aliphatic rings. The second-order valence-electron chi connectivity index (χ2n) is 6.39. The van der Waals surface area contributed by atoms with Crippen LogP contribution in [-0.4, -0.2) is 12.5 Å². The minimum absolute atomic E-state index is 0.128. The number of aryl methyl sites for hydroxylation is 3. The van der Waals surface area contributed by atoms with E-state index in [2.05, 4.69) is 5.32 Å². The Morgan fingerprint density at radius 1 is 1.11 bits per heavy atom. The van der Waals surface area contributed by atoms with Crippen LogP contribution < -0.4 is 10.1 Å². The standard InChI is InChI=1S/C22H20N2O3/c1-14-7-9-17(10-8-14)19-11-18(12-23)22(27-19)24-20(25)13-26-21-15(2)5-4-6-16(21)3/h4-11H,13H2,1-3H3,(H,24,25). The first-order valence-corrected chi connectivity index (χ1v) is 8.58. The SMILES string of the molecule is Cc1ccc(-c2cc(C#N)c(NC(=O)COc3c(C)cccc3C)o2)cc1. The zero-order valence-electron chi connectivity index (χ0n) is 15.5. The second-order valence-corrected chi connectivity index (χ2v) is 6.39. The van der Waals surface area contributed by atoms with Gasteiger partial charge in [-0.1, -0.05) is 48.0 Å². The molecule has 1 heterocycles. The van der Waals surface area contributed by atoms with Gasteiger partial charge in [0, 0.05) is 11.6 Å². The number of furan rings is 1. The van der Waals surface area contributed by atoms with Gasteiger partial charge in [0.2, 0.25) is 5.88 Å². The number of carbonyl (C=O) groups excluding carboxylic acids is 1. The molecule has 2 aromatic carbocycles. The van der Waals surface area contributed by atoms with Crippen LogP contribution in [0.1, 0.15) is 22.3 Å². The number of rotatable bonds is 5. The molecule has 0 radical (unpaired) electrons. The number of carbonyl (C=O) groups is 1. The Balaban J connectivity index is 1.72. The summed E-state index contributed by atoms with van der Waals surface area (Å²) in [6, 6.07) is 17.2. The molecule has 0 aliphatic carbocycles. The maximum Gasteiger partial charge on any atom is 0.264 e. The van der Waals surface area contributed by atoms with Gasteiger partial charge in [-0.3, -0.25) is 10.1 Å². The van der Waals surface area contributed by atoms with Crippen LogP contribution in [0.15, 0.2) is 52.9 Å². The first kappa shape index (κ1) is 18.3. The van der Waals surface area contributed by atoms with Crippen LogP contribution in [0.2, 0.25) is 0 Å². The van der Waals surface area contributed by atoms with E-state index in [0.29, 0.717) is 11.5 Å². The number of anilines is 1. The maximum absolute atomic E-state index is 12.3. The Morgan fingerprint density at radius 2 is 1.78 bits per heavy atom. The first-order chi connectivity index (χ1) is 13.0. The van der Waals surface area contributed by atoms with Crippen molar-refractivity contribution in [2.45, 2.75) is 20.8 Å². The summed E-state index contributed by atoms with van der Waals surface area (Å²) in [5, 5.41) is 11.9. The highest BCUT2D eigenvalue weighted by molar-refractivity contribution is 5.92. The molecule has 0 fully saturated rings. The molecule has 3 rings (SSSR count). The Labute approximate surface area is 158 Å². The Morgan fingerprint density at radius 3 is 2.41 bits per heavy atom. The van der Waals surface area contributed by atoms with Crippen molar-refractivity contribution in [2.24, 2.45) is 0 Å². The monoisotopic (exact) mass is 360 g/mol. The van der Waals surface area contributed by atoms with Gasteiger partial charge in [0.1, 0.15) is 23.1 Å². The summed E-state index contributed by atoms with van der Waals surface area (Å²) in [6.45, 7) is 5.67. The predicted molar refractivity (Wildman–Crippen MR) is 104 cm³/mol. The normalized spacial score (nSPS) is 10.3. The molecule has 3 aromatic rings. The van der Waals surface area contributed by atoms with Crippen LogP contribution in [0.25, 0.3) is 11.3 Å². The Kier molecular flexibility index (Phi) is 5.28. The van der Waals surface area contributed by atoms with Gasteiger partial charge in [-0.05, 0) is 31.9 Å². The second kappa shape index (κ2) is 7.79. The van der Waals surface area contributed by atoms with Crippen LogP contribution in [0.3, 0.4) is 0 Å². The van der Waals surface area contributed by atoms with Crippen molar-refractivity contribution in [2.75, 3.05) is 11.9 Å². The Hall–Kier alpha value is -3.52. The summed E-state index contributed by atoms with van der Waals surface area (Å²) in [5.74, 6) is 0.951. The number of nitriles is 1. The number of ether oxygens (including phenoxy) is 1. The minimum Gasteiger partial charge on any atom is -0.483 e. The lowest BCUT2D eigenvalue weighted by molar-refractivity contribution is -0.118. The van der Waals surface area contributed by atoms with E-state index in [1.54, 1.807) is 6.07 Å². The molecule has 0 atom stereocenters. The van der Waals surface area contributed by atoms with Gasteiger partial charge >= 0.3 is 0 Å². The zero-order valence-corrected chi connectivity index (χ0v) is 15.5. The van der Waals surface area contributed by atoms with Crippen molar-refractivity contribution in [1.82, 2.24) is 0 Å². The minimum atomic E-state index is -0.390. The van der Waals surface area contributed by atoms with E-state index in [1.807, 2.05) is 69.3 Å². The first-order valence-electron chi connectivity index (χ1n) is 8.58. The van der Waals surface area contributed by atoms with Crippen molar-refractivity contribution < 1.29 is 13.9 Å². The number of nitrogens with zero attached hydrogens (tertiary/aromatic N) is 1. The van der Waals surface area contributed by atoms with Gasteiger partial charge in [-0.15, -0.1) is 0 Å². The van der Waals surface area contributed by atoms with Crippen molar-refractivity contribution in [3.05, 3.63) is 70.8 Å². The van der Waals surface area contributed by atoms with E-state index in [9.17, 15) is 10.1 Å². The molecule has 1 aromatic heterocycles. The molecule has 0 aliphatic heterocycles. The summed E-state index contributed by atoms with van der Waals surface area (Å²) in [4.78, 5) is 12.3. The summed E-state index contributed by atoms with van der Waals surface area (Å²) in [5.41, 5.74) is 4.15. The molecule has 0 bridgehead atoms. The number of hydrogen-bond acceptors (Lipinski definition) is 4. The summed E-state index contributed by atoms with van der Waals surface area (Å²) in [7, 11) is 0. The molecule has 27 heavy (non-hydrogen) atoms. The largest absolute Gasteiger partial charge is 0.483 e. The van der Waals surface area contributed by atoms with Crippen LogP contribution >= 0.6 is 0 Å². The summed E-state index contributed by atoms with van der Waals surface area (Å²) >= 11 is 0. The predicted octanol–water partition coefficient (Wildman–Crippen LogP) is 4.76. The average molecular weight is 360 g/mol. The topological polar surface area (TPSA) is 75.3 Å². The molecule has 1 amide bonds. The molecule has 1 N–H and O–H groups in total. The van der Waals surface area contributed by atoms with Gasteiger partial charge in [0.25, 0.3) is 5.91 Å². The number of para-hydroxylation sites is 1. The molecule has 5 nitrogen and oxygen atoms in total. The van der Waals surface area contributed by atoms with Crippen molar-refractivity contribution in [3.63, 3.8) is 0 Å². The van der Waals surface area contributed by atoms with Gasteiger partial charge < -0.3 is 9.15 Å². The number of hydrogen-bond donors (Lipinski definition) is 1. The van der Waals surface area contributed by atoms with E-state index < -0.39 is 0 Å². The fraction of sp³-hybridized carbons (Fsp3) is 0.182. The molecule has 5 heteroatoms. The van der Waals surface area contributed by atoms with Gasteiger partial charge in [-0.25, -0.2) is 0 Å². The summed E-state index contributed by atoms with van der Waals surface area (Å²) in [6.07, 6.45) is 0. The molecule has 0 spiro atoms. The van der Waals surface area contributed by atoms with Crippen molar-refractivity contribution >= 4 is 11.8 Å². The lowest BCUT2D eigenvalue weighted by Crippen LogP contribution is -2.20. The van der Waals surface area contributed by atoms with E-state index in [0.717, 1.165) is 22.3 Å². The summed E-state index contributed by atoms with van der Waals surface area (Å²) < 4.78 is 11.3. The van der Waals surface area contributed by atoms with Crippen LogP contribution in [-0.2, 0) is 4.79 Å². The van der Waals surface area contributed by atoms with Crippen molar-refractivity contribution in [3.8, 4) is 23.1 Å². The average Bonchev–Trinajstić information content (AvgIpc) is 3.04. The molecule has 0 saturated carbocycles. The van der Waals surface area contributed by atoms with E-state index in [4.69, 9.17) is 9.15 Å². The maximum atomic E-state index is 12.3. The van der Waals surface area contributed by atoms with Crippen LogP contribution in [0.5, 0.6) is 5.75 Å². The van der Waals surface area contributed by atoms with Gasteiger partial charge in [0.05, 0.1) is 0 Å². The molecule has 136 valence electrons. The molecule has 0 unspecified atom stereocenters. The fourth-order valence-electron chi connectivity index (χ4n) is 2.75. The molecule has 0 saturated heterocycles. The van der Waals surface area contributed by atoms with E-state index in [1.165, 1.54) is 0 Å². The number of benzene rings is 2. The zero-order chi connectivity index (χ0) is 19.4. The van der Waals surface area contributed by atoms with E-state index in [-0.39, 0.29) is 24.0 Å². The molecular formula is C22H20N2O3. The molecular weight excluding hydrogens is 340 g/mol. The highest BCUT2D eigenvalue weighted by Crippen LogP contribution is 2.29. The van der Waals surface area contributed by atoms with Gasteiger partial charge in [0.15, 0.2) is 6.61 Å². The van der Waals surface area contributed by atoms with Crippen LogP contribution in [0, 0.1) is 32.1 Å². The van der Waals surface area contributed by atoms with Gasteiger partial charge in [-0.2, -0.15) is 5.26 Å². The fourth-order valence-corrected chi connectivity index (χ4v) is 2.75. The van der Waals surface area contributed by atoms with Crippen LogP contribution in [0.4, 0.5) is 5.88 Å². The highest BCUT2D eigenvalue weighted by atomic mass is 16.5. The van der Waals surface area contributed by atoms with E-state index >= 15 is 0 Å². The number of nitrogens with one attached hydrogen (secondary N) is 1. The Bertz CT molecular complexity index is 991. The van der Waals surface area contributed by atoms with Crippen molar-refractivity contribution in [1.29, 1.82) is 5.26 Å². The smallest absolute Gasteiger partial charge is 0.264 e. The lowest BCUT2D eigenvalue weighted by atomic mass is 10.1.